The van der Waals surface area contributed by atoms with Crippen molar-refractivity contribution in [1.82, 2.24) is 15.5 Å². The molecule has 1 aliphatic heterocycles. The lowest BCUT2D eigenvalue weighted by atomic mass is 10.0. The number of hydrogen-bond donors (Lipinski definition) is 7. The van der Waals surface area contributed by atoms with E-state index < -0.39 is 72.6 Å². The molecule has 4 unspecified atom stereocenters. The number of amides is 4. The Morgan fingerprint density at radius 1 is 1.00 bits per heavy atom. The zero-order valence-corrected chi connectivity index (χ0v) is 19.3. The Balaban J connectivity index is 2.24. The summed E-state index contributed by atoms with van der Waals surface area (Å²) >= 11 is 0. The van der Waals surface area contributed by atoms with Crippen LogP contribution in [0, 0.1) is 0 Å². The molecule has 2 rings (SSSR count). The Morgan fingerprint density at radius 3 is 2.19 bits per heavy atom. The maximum atomic E-state index is 13.4. The molecule has 1 aliphatic rings. The standard InChI is InChI=1S/C22H29N5O9/c23-13(9-17(24)29)19(32)25-14(8-11-3-5-12(28)6-4-11)21(34)27-7-1-2-16(27)20(33)26-15(22(35)36)10-18(30)31/h3-6,13-16,28H,1-2,7-10,23H2,(H2,24,29)(H,25,32)(H,26,33)(H,30,31)(H,35,36). The molecule has 0 aromatic heterocycles. The van der Waals surface area contributed by atoms with E-state index in [0.717, 1.165) is 0 Å². The number of primary amides is 1. The number of carbonyl (C=O) groups is 6. The maximum absolute atomic E-state index is 13.4. The van der Waals surface area contributed by atoms with Gasteiger partial charge in [0, 0.05) is 13.0 Å². The summed E-state index contributed by atoms with van der Waals surface area (Å²) in [5, 5.41) is 32.2. The predicted molar refractivity (Wildman–Crippen MR) is 122 cm³/mol. The average molecular weight is 508 g/mol. The Hall–Kier alpha value is -4.20. The van der Waals surface area contributed by atoms with Crippen LogP contribution in [-0.2, 0) is 35.2 Å². The van der Waals surface area contributed by atoms with Gasteiger partial charge in [-0.05, 0) is 30.5 Å². The summed E-state index contributed by atoms with van der Waals surface area (Å²) in [5.74, 6) is -6.11. The molecule has 1 fully saturated rings. The van der Waals surface area contributed by atoms with Crippen molar-refractivity contribution in [3.63, 3.8) is 0 Å². The minimum absolute atomic E-state index is 0.0141. The van der Waals surface area contributed by atoms with E-state index in [4.69, 9.17) is 16.6 Å². The van der Waals surface area contributed by atoms with E-state index in [1.165, 1.54) is 29.2 Å². The van der Waals surface area contributed by atoms with Crippen molar-refractivity contribution in [2.75, 3.05) is 6.54 Å². The number of likely N-dealkylation sites (tertiary alicyclic amines) is 1. The van der Waals surface area contributed by atoms with Gasteiger partial charge in [-0.15, -0.1) is 0 Å². The zero-order valence-electron chi connectivity index (χ0n) is 19.3. The first kappa shape index (κ1) is 28.0. The fraction of sp³-hybridized carbons (Fsp3) is 0.455. The molecule has 1 heterocycles. The van der Waals surface area contributed by atoms with Crippen LogP contribution in [0.15, 0.2) is 24.3 Å². The molecule has 0 spiro atoms. The number of benzene rings is 1. The second-order valence-corrected chi connectivity index (χ2v) is 8.40. The van der Waals surface area contributed by atoms with Crippen LogP contribution in [0.5, 0.6) is 5.75 Å². The van der Waals surface area contributed by atoms with Crippen LogP contribution in [-0.4, -0.2) is 86.5 Å². The van der Waals surface area contributed by atoms with E-state index >= 15 is 0 Å². The third kappa shape index (κ3) is 7.94. The predicted octanol–water partition coefficient (Wildman–Crippen LogP) is -2.34. The van der Waals surface area contributed by atoms with Gasteiger partial charge >= 0.3 is 11.9 Å². The van der Waals surface area contributed by atoms with Crippen molar-refractivity contribution < 1.29 is 44.1 Å². The minimum Gasteiger partial charge on any atom is -0.508 e. The number of carboxylic acid groups (broad SMARTS) is 2. The number of nitrogens with two attached hydrogens (primary N) is 2. The number of nitrogens with zero attached hydrogens (tertiary/aromatic N) is 1. The quantitative estimate of drug-likeness (QED) is 0.159. The summed E-state index contributed by atoms with van der Waals surface area (Å²) in [6.07, 6.45) is -0.755. The summed E-state index contributed by atoms with van der Waals surface area (Å²) in [6, 6.07) is 0.520. The number of carbonyl (C=O) groups excluding carboxylic acids is 4. The molecule has 36 heavy (non-hydrogen) atoms. The van der Waals surface area contributed by atoms with Crippen LogP contribution in [0.1, 0.15) is 31.2 Å². The van der Waals surface area contributed by atoms with Gasteiger partial charge in [-0.25, -0.2) is 4.79 Å². The molecule has 0 radical (unpaired) electrons. The van der Waals surface area contributed by atoms with Crippen LogP contribution in [0.2, 0.25) is 0 Å². The van der Waals surface area contributed by atoms with Gasteiger partial charge in [0.2, 0.25) is 23.6 Å². The Bertz CT molecular complexity index is 1010. The van der Waals surface area contributed by atoms with Crippen molar-refractivity contribution in [2.24, 2.45) is 11.5 Å². The van der Waals surface area contributed by atoms with Crippen molar-refractivity contribution in [1.29, 1.82) is 0 Å². The normalized spacial score (nSPS) is 17.5. The highest BCUT2D eigenvalue weighted by Crippen LogP contribution is 2.21. The first-order valence-corrected chi connectivity index (χ1v) is 11.1. The molecule has 1 aromatic rings. The fourth-order valence-corrected chi connectivity index (χ4v) is 3.80. The second-order valence-electron chi connectivity index (χ2n) is 8.40. The number of aliphatic carboxylic acids is 2. The van der Waals surface area contributed by atoms with Crippen molar-refractivity contribution in [2.45, 2.75) is 56.3 Å². The highest BCUT2D eigenvalue weighted by Gasteiger charge is 2.39. The van der Waals surface area contributed by atoms with E-state index in [0.29, 0.717) is 12.0 Å². The third-order valence-electron chi connectivity index (χ3n) is 5.58. The van der Waals surface area contributed by atoms with Gasteiger partial charge in [0.15, 0.2) is 0 Å². The number of phenolic OH excluding ortho intramolecular Hbond substituents is 1. The van der Waals surface area contributed by atoms with Gasteiger partial charge in [-0.1, -0.05) is 12.1 Å². The van der Waals surface area contributed by atoms with E-state index in [-0.39, 0.29) is 25.1 Å². The van der Waals surface area contributed by atoms with Crippen molar-refractivity contribution >= 4 is 35.6 Å². The van der Waals surface area contributed by atoms with Crippen molar-refractivity contribution in [3.05, 3.63) is 29.8 Å². The van der Waals surface area contributed by atoms with Crippen LogP contribution in [0.25, 0.3) is 0 Å². The van der Waals surface area contributed by atoms with Gasteiger partial charge in [0.1, 0.15) is 23.9 Å². The molecule has 0 saturated carbocycles. The van der Waals surface area contributed by atoms with Crippen LogP contribution in [0.3, 0.4) is 0 Å². The summed E-state index contributed by atoms with van der Waals surface area (Å²) < 4.78 is 0. The first-order valence-electron chi connectivity index (χ1n) is 11.1. The maximum Gasteiger partial charge on any atom is 0.326 e. The fourth-order valence-electron chi connectivity index (χ4n) is 3.80. The molecule has 4 atom stereocenters. The zero-order chi connectivity index (χ0) is 27.0. The molecule has 4 amide bonds. The van der Waals surface area contributed by atoms with E-state index in [2.05, 4.69) is 10.6 Å². The van der Waals surface area contributed by atoms with Crippen molar-refractivity contribution in [3.8, 4) is 5.75 Å². The Kier molecular flexibility index (Phi) is 9.73. The Labute approximate surface area is 205 Å². The number of carboxylic acids is 2. The number of nitrogens with one attached hydrogen (secondary N) is 2. The summed E-state index contributed by atoms with van der Waals surface area (Å²) in [4.78, 5) is 73.3. The molecule has 14 nitrogen and oxygen atoms in total. The van der Waals surface area contributed by atoms with Gasteiger partial charge in [0.25, 0.3) is 0 Å². The summed E-state index contributed by atoms with van der Waals surface area (Å²) in [6.45, 7) is 0.128. The average Bonchev–Trinajstić information content (AvgIpc) is 3.28. The van der Waals surface area contributed by atoms with E-state index in [9.17, 15) is 39.0 Å². The Morgan fingerprint density at radius 2 is 1.64 bits per heavy atom. The van der Waals surface area contributed by atoms with Gasteiger partial charge in [-0.3, -0.25) is 24.0 Å². The lowest BCUT2D eigenvalue weighted by Crippen LogP contribution is -2.57. The molecule has 0 bridgehead atoms. The summed E-state index contributed by atoms with van der Waals surface area (Å²) in [7, 11) is 0. The molecule has 0 aliphatic carbocycles. The number of rotatable bonds is 12. The van der Waals surface area contributed by atoms with E-state index in [1.807, 2.05) is 0 Å². The smallest absolute Gasteiger partial charge is 0.326 e. The highest BCUT2D eigenvalue weighted by molar-refractivity contribution is 5.96. The van der Waals surface area contributed by atoms with Gasteiger partial charge in [-0.2, -0.15) is 0 Å². The minimum atomic E-state index is -1.69. The first-order chi connectivity index (χ1) is 16.9. The molecule has 14 heteroatoms. The number of phenols is 1. The monoisotopic (exact) mass is 507 g/mol. The molecule has 196 valence electrons. The van der Waals surface area contributed by atoms with Gasteiger partial charge < -0.3 is 42.3 Å². The molecular formula is C22H29N5O9. The lowest BCUT2D eigenvalue weighted by molar-refractivity contribution is -0.148. The second kappa shape index (κ2) is 12.5. The van der Waals surface area contributed by atoms with Crippen LogP contribution in [0.4, 0.5) is 0 Å². The van der Waals surface area contributed by atoms with Crippen LogP contribution >= 0.6 is 0 Å². The molecule has 9 N–H and O–H groups in total. The van der Waals surface area contributed by atoms with E-state index in [1.54, 1.807) is 0 Å². The number of hydrogen-bond acceptors (Lipinski definition) is 8. The molecule has 1 saturated heterocycles. The SMILES string of the molecule is NC(=O)CC(N)C(=O)NC(Cc1ccc(O)cc1)C(=O)N1CCCC1C(=O)NC(CC(=O)O)C(=O)O. The number of aromatic hydroxyl groups is 1. The third-order valence-corrected chi connectivity index (χ3v) is 5.58. The topological polar surface area (TPSA) is 242 Å². The van der Waals surface area contributed by atoms with Gasteiger partial charge in [0.05, 0.1) is 18.9 Å². The highest BCUT2D eigenvalue weighted by atomic mass is 16.4. The van der Waals surface area contributed by atoms with Crippen LogP contribution < -0.4 is 22.1 Å². The largest absolute Gasteiger partial charge is 0.508 e. The lowest BCUT2D eigenvalue weighted by Gasteiger charge is -2.30. The summed E-state index contributed by atoms with van der Waals surface area (Å²) in [5.41, 5.74) is 11.3. The molecular weight excluding hydrogens is 478 g/mol. The molecule has 1 aromatic carbocycles.